The maximum Gasteiger partial charge on any atom is 0.306 e. The Bertz CT molecular complexity index is 1340. The van der Waals surface area contributed by atoms with Crippen LogP contribution in [0, 0.1) is 0 Å². The van der Waals surface area contributed by atoms with Gasteiger partial charge in [-0.15, -0.1) is 0 Å². The van der Waals surface area contributed by atoms with Crippen molar-refractivity contribution >= 4 is 29.8 Å². The molecular formula is C66H124O11. The van der Waals surface area contributed by atoms with E-state index in [4.69, 9.17) is 23.7 Å². The molecule has 0 aromatic heterocycles. The summed E-state index contributed by atoms with van der Waals surface area (Å²) in [5.74, 6) is -2.74. The van der Waals surface area contributed by atoms with Gasteiger partial charge in [0.1, 0.15) is 19.3 Å². The summed E-state index contributed by atoms with van der Waals surface area (Å²) in [5, 5.41) is 12.0. The van der Waals surface area contributed by atoms with Gasteiger partial charge in [-0.1, -0.05) is 291 Å². The van der Waals surface area contributed by atoms with Crippen LogP contribution in [-0.4, -0.2) is 72.6 Å². The van der Waals surface area contributed by atoms with Crippen LogP contribution < -0.4 is 0 Å². The Morgan fingerprint density at radius 2 is 0.468 bits per heavy atom. The molecule has 4 atom stereocenters. The van der Waals surface area contributed by atoms with Crippen molar-refractivity contribution < 1.29 is 52.8 Å². The van der Waals surface area contributed by atoms with Crippen LogP contribution in [0.2, 0.25) is 0 Å². The lowest BCUT2D eigenvalue weighted by Crippen LogP contribution is -2.53. The highest BCUT2D eigenvalue weighted by molar-refractivity contribution is 5.72. The quantitative estimate of drug-likeness (QED) is 0.0352. The minimum atomic E-state index is -1.64. The van der Waals surface area contributed by atoms with E-state index in [1.165, 1.54) is 148 Å². The Balaban J connectivity index is 6.53. The summed E-state index contributed by atoms with van der Waals surface area (Å²) >= 11 is 0. The molecule has 0 saturated heterocycles. The van der Waals surface area contributed by atoms with Crippen LogP contribution >= 0.6 is 0 Å². The monoisotopic (exact) mass is 1090 g/mol. The molecule has 0 fully saturated rings. The number of esters is 5. The van der Waals surface area contributed by atoms with Crippen LogP contribution in [-0.2, 0) is 47.7 Å². The lowest BCUT2D eigenvalue weighted by molar-refractivity contribution is -0.204. The Hall–Kier alpha value is -2.69. The van der Waals surface area contributed by atoms with Crippen molar-refractivity contribution in [3.63, 3.8) is 0 Å². The zero-order valence-corrected chi connectivity index (χ0v) is 51.1. The first kappa shape index (κ1) is 74.3. The summed E-state index contributed by atoms with van der Waals surface area (Å²) < 4.78 is 30.0. The third-order valence-corrected chi connectivity index (χ3v) is 15.1. The van der Waals surface area contributed by atoms with Gasteiger partial charge in [0.05, 0.1) is 0 Å². The molecule has 0 bridgehead atoms. The topological polar surface area (TPSA) is 152 Å². The van der Waals surface area contributed by atoms with Crippen molar-refractivity contribution in [1.82, 2.24) is 0 Å². The normalized spacial score (nSPS) is 13.0. The second-order valence-corrected chi connectivity index (χ2v) is 22.8. The van der Waals surface area contributed by atoms with E-state index >= 15 is 0 Å². The van der Waals surface area contributed by atoms with Crippen molar-refractivity contribution in [2.45, 2.75) is 380 Å². The molecule has 0 aliphatic carbocycles. The highest BCUT2D eigenvalue weighted by atomic mass is 16.6. The predicted molar refractivity (Wildman–Crippen MR) is 317 cm³/mol. The average molecular weight is 1090 g/mol. The number of unbranched alkanes of at least 4 members (excludes halogenated alkanes) is 40. The summed E-state index contributed by atoms with van der Waals surface area (Å²) in [5.41, 5.74) is 0. The molecule has 1 N–H and O–H groups in total. The standard InChI is InChI=1S/C66H124O11/c1-6-11-16-21-26-31-36-41-46-51-60(68)73-56-58(67)65(76-63(71)54-49-44-39-34-29-24-19-14-9-4)66(77-64(72)55-50-45-40-35-30-25-20-15-10-5)59(75-62(70)53-48-43-38-33-28-23-18-13-8-3)57-74-61(69)52-47-42-37-32-27-22-17-12-7-2/h58-59,65-67H,6-57H2,1-5H3/t58-,59+,65+,66+/m0/s1. The number of hydrogen-bond donors (Lipinski definition) is 1. The molecule has 454 valence electrons. The van der Waals surface area contributed by atoms with Gasteiger partial charge >= 0.3 is 29.8 Å². The number of carbonyl (C=O) groups excluding carboxylic acids is 5. The SMILES string of the molecule is CCCCCCCCCCCC(=O)OC[C@H](O)[C@@H](OC(=O)CCCCCCCCCCC)[C@H](OC(=O)CCCCCCCCCCC)[C@@H](COC(=O)CCCCCCCCCCC)OC(=O)CCCCCCCCCCC. The number of rotatable bonds is 60. The van der Waals surface area contributed by atoms with Gasteiger partial charge in [0.2, 0.25) is 0 Å². The number of aliphatic hydroxyl groups is 1. The first-order valence-corrected chi connectivity index (χ1v) is 33.2. The van der Waals surface area contributed by atoms with Gasteiger partial charge in [0.25, 0.3) is 0 Å². The molecule has 0 rings (SSSR count). The molecule has 11 heteroatoms. The van der Waals surface area contributed by atoms with E-state index in [0.29, 0.717) is 32.1 Å². The first-order chi connectivity index (χ1) is 37.6. The number of aliphatic hydroxyl groups excluding tert-OH is 1. The zero-order valence-electron chi connectivity index (χ0n) is 51.1. The molecule has 0 aromatic rings. The van der Waals surface area contributed by atoms with E-state index < -0.39 is 67.5 Å². The predicted octanol–water partition coefficient (Wildman–Crippen LogP) is 18.8. The van der Waals surface area contributed by atoms with Crippen molar-refractivity contribution in [1.29, 1.82) is 0 Å². The fraction of sp³-hybridized carbons (Fsp3) is 0.924. The highest BCUT2D eigenvalue weighted by Crippen LogP contribution is 2.23. The third kappa shape index (κ3) is 50.0. The summed E-state index contributed by atoms with van der Waals surface area (Å²) in [6.07, 6.45) is 42.7. The fourth-order valence-electron chi connectivity index (χ4n) is 10.1. The highest BCUT2D eigenvalue weighted by Gasteiger charge is 2.43. The van der Waals surface area contributed by atoms with Gasteiger partial charge in [-0.25, -0.2) is 0 Å². The molecule has 0 amide bonds. The van der Waals surface area contributed by atoms with E-state index in [-0.39, 0.29) is 32.1 Å². The van der Waals surface area contributed by atoms with Gasteiger partial charge in [0, 0.05) is 32.1 Å². The summed E-state index contributed by atoms with van der Waals surface area (Å²) in [6, 6.07) is 0. The van der Waals surface area contributed by atoms with Crippen molar-refractivity contribution in [2.24, 2.45) is 0 Å². The third-order valence-electron chi connectivity index (χ3n) is 15.1. The van der Waals surface area contributed by atoms with Crippen molar-refractivity contribution in [3.8, 4) is 0 Å². The Labute approximate surface area is 474 Å². The summed E-state index contributed by atoms with van der Waals surface area (Å²) in [6.45, 7) is 10.1. The van der Waals surface area contributed by atoms with Crippen LogP contribution in [0.1, 0.15) is 356 Å². The molecule has 0 unspecified atom stereocenters. The van der Waals surface area contributed by atoms with E-state index in [9.17, 15) is 29.1 Å². The average Bonchev–Trinajstić information content (AvgIpc) is 3.42. The smallest absolute Gasteiger partial charge is 0.306 e. The zero-order chi connectivity index (χ0) is 56.5. The Kier molecular flexibility index (Phi) is 56.0. The molecule has 0 spiro atoms. The van der Waals surface area contributed by atoms with Crippen molar-refractivity contribution in [3.05, 3.63) is 0 Å². The van der Waals surface area contributed by atoms with Crippen LogP contribution in [0.25, 0.3) is 0 Å². The molecule has 0 radical (unpaired) electrons. The summed E-state index contributed by atoms with van der Waals surface area (Å²) in [7, 11) is 0. The lowest BCUT2D eigenvalue weighted by Gasteiger charge is -2.34. The molecule has 0 saturated carbocycles. The minimum absolute atomic E-state index is 0.0623. The Morgan fingerprint density at radius 3 is 0.740 bits per heavy atom. The molecule has 0 aliphatic heterocycles. The van der Waals surface area contributed by atoms with E-state index in [0.717, 1.165) is 109 Å². The molecular weight excluding hydrogens is 969 g/mol. The number of ether oxygens (including phenoxy) is 5. The maximum absolute atomic E-state index is 14.0. The first-order valence-electron chi connectivity index (χ1n) is 33.2. The van der Waals surface area contributed by atoms with Gasteiger partial charge in [-0.3, -0.25) is 24.0 Å². The number of hydrogen-bond acceptors (Lipinski definition) is 11. The van der Waals surface area contributed by atoms with Gasteiger partial charge in [-0.2, -0.15) is 0 Å². The van der Waals surface area contributed by atoms with E-state index in [1.54, 1.807) is 0 Å². The van der Waals surface area contributed by atoms with E-state index in [1.807, 2.05) is 0 Å². The van der Waals surface area contributed by atoms with Crippen LogP contribution in [0.4, 0.5) is 0 Å². The second-order valence-electron chi connectivity index (χ2n) is 22.8. The molecule has 77 heavy (non-hydrogen) atoms. The van der Waals surface area contributed by atoms with Crippen LogP contribution in [0.3, 0.4) is 0 Å². The van der Waals surface area contributed by atoms with Crippen LogP contribution in [0.15, 0.2) is 0 Å². The maximum atomic E-state index is 14.0. The van der Waals surface area contributed by atoms with Crippen LogP contribution in [0.5, 0.6) is 0 Å². The largest absolute Gasteiger partial charge is 0.463 e. The lowest BCUT2D eigenvalue weighted by atomic mass is 10.0. The fourth-order valence-corrected chi connectivity index (χ4v) is 10.1. The van der Waals surface area contributed by atoms with E-state index in [2.05, 4.69) is 34.6 Å². The van der Waals surface area contributed by atoms with Gasteiger partial charge < -0.3 is 28.8 Å². The Morgan fingerprint density at radius 1 is 0.260 bits per heavy atom. The second kappa shape index (κ2) is 58.0. The molecule has 11 nitrogen and oxygen atoms in total. The summed E-state index contributed by atoms with van der Waals surface area (Å²) in [4.78, 5) is 68.2. The van der Waals surface area contributed by atoms with Gasteiger partial charge in [-0.05, 0) is 32.1 Å². The minimum Gasteiger partial charge on any atom is -0.463 e. The molecule has 0 aliphatic rings. The van der Waals surface area contributed by atoms with Crippen molar-refractivity contribution in [2.75, 3.05) is 13.2 Å². The number of carbonyl (C=O) groups is 5. The molecule has 0 aromatic carbocycles. The van der Waals surface area contributed by atoms with Gasteiger partial charge in [0.15, 0.2) is 18.3 Å². The molecule has 0 heterocycles.